The third-order valence-electron chi connectivity index (χ3n) is 4.81. The summed E-state index contributed by atoms with van der Waals surface area (Å²) in [6.07, 6.45) is 8.34. The number of amides is 1. The monoisotopic (exact) mass is 320 g/mol. The number of hydrogen-bond donors (Lipinski definition) is 0. The second-order valence-electron chi connectivity index (χ2n) is 6.79. The van der Waals surface area contributed by atoms with Crippen molar-refractivity contribution in [2.75, 3.05) is 7.05 Å². The maximum absolute atomic E-state index is 12.8. The number of carbonyl (C=O) groups excluding carboxylic acids is 1. The third kappa shape index (κ3) is 2.99. The molecule has 1 aliphatic heterocycles. The van der Waals surface area contributed by atoms with Gasteiger partial charge in [0, 0.05) is 19.0 Å². The van der Waals surface area contributed by atoms with E-state index in [0.29, 0.717) is 11.6 Å². The lowest BCUT2D eigenvalue weighted by Gasteiger charge is -2.32. The predicted molar refractivity (Wildman–Crippen MR) is 98.8 cm³/mol. The Morgan fingerprint density at radius 2 is 1.92 bits per heavy atom. The van der Waals surface area contributed by atoms with Crippen LogP contribution in [-0.4, -0.2) is 29.6 Å². The summed E-state index contributed by atoms with van der Waals surface area (Å²) in [4.78, 5) is 19.3. The van der Waals surface area contributed by atoms with Crippen LogP contribution in [0, 0.1) is 11.8 Å². The van der Waals surface area contributed by atoms with Gasteiger partial charge in [-0.05, 0) is 37.0 Å². The standard InChI is InChI=1S/C21H24N2O/c1-14(2)23(4)21(24)18-13-17-12-8-9-15(3)19(17)20(22-18)16-10-6-5-7-11-16/h5-15,19H,1-4H3. The molecule has 0 bridgehead atoms. The van der Waals surface area contributed by atoms with Crippen LogP contribution in [0.3, 0.4) is 0 Å². The van der Waals surface area contributed by atoms with Crippen LogP contribution in [0.5, 0.6) is 0 Å². The van der Waals surface area contributed by atoms with Crippen molar-refractivity contribution >= 4 is 11.6 Å². The molecular weight excluding hydrogens is 296 g/mol. The molecule has 1 amide bonds. The maximum Gasteiger partial charge on any atom is 0.272 e. The van der Waals surface area contributed by atoms with E-state index in [-0.39, 0.29) is 17.9 Å². The van der Waals surface area contributed by atoms with E-state index in [0.717, 1.165) is 11.3 Å². The first-order chi connectivity index (χ1) is 11.5. The fourth-order valence-corrected chi connectivity index (χ4v) is 3.17. The number of likely N-dealkylation sites (N-methyl/N-ethyl adjacent to an activating group) is 1. The number of aliphatic imine (C=N–C) groups is 1. The van der Waals surface area contributed by atoms with Crippen LogP contribution in [0.2, 0.25) is 0 Å². The lowest BCUT2D eigenvalue weighted by molar-refractivity contribution is -0.127. The molecule has 1 aliphatic carbocycles. The van der Waals surface area contributed by atoms with E-state index in [2.05, 4.69) is 37.3 Å². The van der Waals surface area contributed by atoms with Crippen molar-refractivity contribution in [3.63, 3.8) is 0 Å². The highest BCUT2D eigenvalue weighted by molar-refractivity contribution is 6.09. The van der Waals surface area contributed by atoms with E-state index in [1.54, 1.807) is 4.90 Å². The Morgan fingerprint density at radius 3 is 2.58 bits per heavy atom. The molecule has 124 valence electrons. The van der Waals surface area contributed by atoms with Crippen LogP contribution in [-0.2, 0) is 4.79 Å². The average Bonchev–Trinajstić information content (AvgIpc) is 2.60. The van der Waals surface area contributed by atoms with Crippen LogP contribution < -0.4 is 0 Å². The molecule has 0 saturated heterocycles. The molecule has 0 aromatic heterocycles. The molecule has 1 aromatic carbocycles. The minimum atomic E-state index is -0.0278. The molecule has 0 fully saturated rings. The van der Waals surface area contributed by atoms with Crippen molar-refractivity contribution in [1.82, 2.24) is 4.90 Å². The van der Waals surface area contributed by atoms with E-state index in [1.807, 2.05) is 45.2 Å². The fourth-order valence-electron chi connectivity index (χ4n) is 3.17. The van der Waals surface area contributed by atoms with Crippen LogP contribution in [0.15, 0.2) is 70.9 Å². The van der Waals surface area contributed by atoms with Gasteiger partial charge in [0.15, 0.2) is 0 Å². The number of benzene rings is 1. The summed E-state index contributed by atoms with van der Waals surface area (Å²) in [5, 5.41) is 0. The normalized spacial score (nSPS) is 22.5. The van der Waals surface area contributed by atoms with Gasteiger partial charge in [-0.2, -0.15) is 0 Å². The first kappa shape index (κ1) is 16.4. The number of carbonyl (C=O) groups is 1. The number of rotatable bonds is 3. The maximum atomic E-state index is 12.8. The number of allylic oxidation sites excluding steroid dienone is 5. The molecule has 24 heavy (non-hydrogen) atoms. The third-order valence-corrected chi connectivity index (χ3v) is 4.81. The fraction of sp³-hybridized carbons (Fsp3) is 0.333. The summed E-state index contributed by atoms with van der Waals surface area (Å²) in [5.41, 5.74) is 3.76. The van der Waals surface area contributed by atoms with Crippen LogP contribution in [0.1, 0.15) is 26.3 Å². The quantitative estimate of drug-likeness (QED) is 0.829. The Labute approximate surface area is 144 Å². The number of nitrogens with zero attached hydrogens (tertiary/aromatic N) is 2. The number of hydrogen-bond acceptors (Lipinski definition) is 2. The molecule has 2 aliphatic rings. The predicted octanol–water partition coefficient (Wildman–Crippen LogP) is 3.99. The molecule has 0 saturated carbocycles. The van der Waals surface area contributed by atoms with E-state index in [4.69, 9.17) is 4.99 Å². The van der Waals surface area contributed by atoms with Gasteiger partial charge in [0.25, 0.3) is 5.91 Å². The summed E-state index contributed by atoms with van der Waals surface area (Å²) in [5.74, 6) is 0.540. The molecule has 3 heteroatoms. The average molecular weight is 320 g/mol. The second-order valence-corrected chi connectivity index (χ2v) is 6.79. The SMILES string of the molecule is CC1C=CC=C2C=C(C(=O)N(C)C(C)C)N=C(c3ccccc3)C21. The van der Waals surface area contributed by atoms with Gasteiger partial charge in [0.05, 0.1) is 5.71 Å². The summed E-state index contributed by atoms with van der Waals surface area (Å²) in [6.45, 7) is 6.22. The molecule has 0 radical (unpaired) electrons. The van der Waals surface area contributed by atoms with Crippen LogP contribution >= 0.6 is 0 Å². The Bertz CT molecular complexity index is 753. The van der Waals surface area contributed by atoms with Gasteiger partial charge in [-0.1, -0.05) is 55.5 Å². The van der Waals surface area contributed by atoms with Gasteiger partial charge in [-0.15, -0.1) is 0 Å². The highest BCUT2D eigenvalue weighted by Gasteiger charge is 2.32. The van der Waals surface area contributed by atoms with Crippen molar-refractivity contribution in [2.45, 2.75) is 26.8 Å². The molecule has 2 unspecified atom stereocenters. The van der Waals surface area contributed by atoms with Gasteiger partial charge in [0.2, 0.25) is 0 Å². The Hall–Kier alpha value is -2.42. The van der Waals surface area contributed by atoms with Crippen molar-refractivity contribution in [3.8, 4) is 0 Å². The van der Waals surface area contributed by atoms with Crippen LogP contribution in [0.4, 0.5) is 0 Å². The Morgan fingerprint density at radius 1 is 1.21 bits per heavy atom. The molecular formula is C21H24N2O. The molecule has 1 aromatic rings. The van der Waals surface area contributed by atoms with Gasteiger partial charge in [-0.25, -0.2) is 4.99 Å². The number of fused-ring (bicyclic) bond motifs is 1. The first-order valence-corrected chi connectivity index (χ1v) is 8.50. The summed E-state index contributed by atoms with van der Waals surface area (Å²) >= 11 is 0. The van der Waals surface area contributed by atoms with Gasteiger partial charge < -0.3 is 4.90 Å². The summed E-state index contributed by atoms with van der Waals surface area (Å²) in [7, 11) is 1.83. The van der Waals surface area contributed by atoms with Gasteiger partial charge in [0.1, 0.15) is 5.70 Å². The smallest absolute Gasteiger partial charge is 0.272 e. The zero-order valence-corrected chi connectivity index (χ0v) is 14.7. The van der Waals surface area contributed by atoms with Crippen molar-refractivity contribution in [1.29, 1.82) is 0 Å². The largest absolute Gasteiger partial charge is 0.338 e. The summed E-state index contributed by atoms with van der Waals surface area (Å²) < 4.78 is 0. The topological polar surface area (TPSA) is 32.7 Å². The molecule has 1 heterocycles. The molecule has 2 atom stereocenters. The highest BCUT2D eigenvalue weighted by atomic mass is 16.2. The zero-order valence-electron chi connectivity index (χ0n) is 14.7. The van der Waals surface area contributed by atoms with Crippen LogP contribution in [0.25, 0.3) is 0 Å². The minimum absolute atomic E-state index is 0.0278. The summed E-state index contributed by atoms with van der Waals surface area (Å²) in [6, 6.07) is 10.3. The van der Waals surface area contributed by atoms with Gasteiger partial charge >= 0.3 is 0 Å². The lowest BCUT2D eigenvalue weighted by Crippen LogP contribution is -2.36. The van der Waals surface area contributed by atoms with Crippen molar-refractivity contribution in [3.05, 3.63) is 71.5 Å². The molecule has 0 spiro atoms. The Kier molecular flexibility index (Phi) is 4.52. The molecule has 3 rings (SSSR count). The van der Waals surface area contributed by atoms with E-state index < -0.39 is 0 Å². The van der Waals surface area contributed by atoms with Gasteiger partial charge in [-0.3, -0.25) is 4.79 Å². The molecule has 3 nitrogen and oxygen atoms in total. The van der Waals surface area contributed by atoms with E-state index >= 15 is 0 Å². The van der Waals surface area contributed by atoms with Crippen molar-refractivity contribution < 1.29 is 4.79 Å². The Balaban J connectivity index is 2.08. The van der Waals surface area contributed by atoms with Crippen molar-refractivity contribution in [2.24, 2.45) is 16.8 Å². The highest BCUT2D eigenvalue weighted by Crippen LogP contribution is 2.35. The zero-order chi connectivity index (χ0) is 17.3. The van der Waals surface area contributed by atoms with E-state index in [1.165, 1.54) is 5.57 Å². The lowest BCUT2D eigenvalue weighted by atomic mass is 9.76. The van der Waals surface area contributed by atoms with E-state index in [9.17, 15) is 4.79 Å². The minimum Gasteiger partial charge on any atom is -0.338 e. The first-order valence-electron chi connectivity index (χ1n) is 8.50. The molecule has 0 N–H and O–H groups in total. The second kappa shape index (κ2) is 6.60.